The van der Waals surface area contributed by atoms with Gasteiger partial charge in [-0.25, -0.2) is 4.90 Å². The van der Waals surface area contributed by atoms with Crippen LogP contribution in [0, 0.1) is 18.8 Å². The zero-order valence-corrected chi connectivity index (χ0v) is 18.2. The van der Waals surface area contributed by atoms with E-state index < -0.39 is 17.4 Å². The van der Waals surface area contributed by atoms with E-state index in [0.29, 0.717) is 33.5 Å². The van der Waals surface area contributed by atoms with E-state index in [-0.39, 0.29) is 23.8 Å². The molecule has 158 valence electrons. The number of carbonyl (C=O) groups excluding carboxylic acids is 3. The molecule has 2 aromatic rings. The van der Waals surface area contributed by atoms with Crippen LogP contribution in [-0.2, 0) is 19.9 Å². The zero-order chi connectivity index (χ0) is 21.7. The smallest absolute Gasteiger partial charge is 0.250 e. The molecule has 4 atom stereocenters. The van der Waals surface area contributed by atoms with Gasteiger partial charge < -0.3 is 5.32 Å². The summed E-state index contributed by atoms with van der Waals surface area (Å²) in [6.07, 6.45) is 1.64. The number of amides is 3. The van der Waals surface area contributed by atoms with Gasteiger partial charge in [-0.3, -0.25) is 19.3 Å². The zero-order valence-electron chi connectivity index (χ0n) is 16.7. The highest BCUT2D eigenvalue weighted by Gasteiger charge is 2.74. The number of rotatable bonds is 1. The molecule has 31 heavy (non-hydrogen) atoms. The van der Waals surface area contributed by atoms with Crippen LogP contribution in [0.1, 0.15) is 24.0 Å². The number of halogens is 2. The quantitative estimate of drug-likeness (QED) is 0.665. The first-order valence-corrected chi connectivity index (χ1v) is 11.1. The van der Waals surface area contributed by atoms with Gasteiger partial charge in [-0.1, -0.05) is 29.3 Å². The molecule has 4 aliphatic rings. The first kappa shape index (κ1) is 19.3. The maximum atomic E-state index is 13.9. The maximum Gasteiger partial charge on any atom is 0.250 e. The number of anilines is 2. The Hall–Kier alpha value is -2.41. The van der Waals surface area contributed by atoms with Crippen LogP contribution >= 0.6 is 23.2 Å². The lowest BCUT2D eigenvalue weighted by molar-refractivity contribution is -0.135. The third kappa shape index (κ3) is 2.25. The number of hydrogen-bond acceptors (Lipinski definition) is 4. The predicted octanol–water partition coefficient (Wildman–Crippen LogP) is 3.73. The highest BCUT2D eigenvalue weighted by Crippen LogP contribution is 2.61. The molecule has 0 unspecified atom stereocenters. The van der Waals surface area contributed by atoms with Crippen molar-refractivity contribution in [3.8, 4) is 0 Å². The van der Waals surface area contributed by atoms with Crippen LogP contribution in [0.2, 0.25) is 10.0 Å². The van der Waals surface area contributed by atoms with Crippen molar-refractivity contribution in [2.45, 2.75) is 31.3 Å². The summed E-state index contributed by atoms with van der Waals surface area (Å²) >= 11 is 12.5. The maximum absolute atomic E-state index is 13.9. The third-order valence-electron chi connectivity index (χ3n) is 7.37. The second kappa shape index (κ2) is 6.31. The van der Waals surface area contributed by atoms with E-state index in [1.165, 1.54) is 4.90 Å². The molecule has 4 heterocycles. The normalized spacial score (nSPS) is 31.4. The lowest BCUT2D eigenvalue weighted by Crippen LogP contribution is -2.54. The van der Waals surface area contributed by atoms with Gasteiger partial charge in [-0.2, -0.15) is 0 Å². The summed E-state index contributed by atoms with van der Waals surface area (Å²) in [7, 11) is 0. The lowest BCUT2D eigenvalue weighted by atomic mass is 9.75. The van der Waals surface area contributed by atoms with E-state index in [0.717, 1.165) is 18.4 Å². The average Bonchev–Trinajstić information content (AvgIpc) is 3.43. The number of fused-ring (bicyclic) bond motifs is 7. The lowest BCUT2D eigenvalue weighted by Gasteiger charge is -2.36. The molecule has 0 aliphatic carbocycles. The molecule has 3 saturated heterocycles. The number of hydrogen-bond donors (Lipinski definition) is 1. The Bertz CT molecular complexity index is 1200. The van der Waals surface area contributed by atoms with Crippen LogP contribution in [0.15, 0.2) is 36.4 Å². The number of carbonyl (C=O) groups is 3. The summed E-state index contributed by atoms with van der Waals surface area (Å²) in [4.78, 5) is 44.5. The summed E-state index contributed by atoms with van der Waals surface area (Å²) in [6.45, 7) is 2.50. The Morgan fingerprint density at radius 3 is 2.58 bits per heavy atom. The Labute approximate surface area is 189 Å². The van der Waals surface area contributed by atoms with Gasteiger partial charge in [-0.05, 0) is 62.2 Å². The van der Waals surface area contributed by atoms with Gasteiger partial charge in [0.2, 0.25) is 17.7 Å². The second-order valence-electron chi connectivity index (χ2n) is 8.76. The second-order valence-corrected chi connectivity index (χ2v) is 9.63. The van der Waals surface area contributed by atoms with E-state index in [1.54, 1.807) is 36.4 Å². The van der Waals surface area contributed by atoms with Gasteiger partial charge in [0.1, 0.15) is 5.54 Å². The van der Waals surface area contributed by atoms with Crippen molar-refractivity contribution in [2.24, 2.45) is 11.8 Å². The van der Waals surface area contributed by atoms with Crippen LogP contribution in [0.3, 0.4) is 0 Å². The molecule has 0 radical (unpaired) electrons. The molecular weight excluding hydrogens is 437 g/mol. The fourth-order valence-electron chi connectivity index (χ4n) is 6.24. The van der Waals surface area contributed by atoms with Gasteiger partial charge >= 0.3 is 0 Å². The third-order valence-corrected chi connectivity index (χ3v) is 7.84. The monoisotopic (exact) mass is 455 g/mol. The van der Waals surface area contributed by atoms with Crippen molar-refractivity contribution in [3.05, 3.63) is 57.6 Å². The number of aryl methyl sites for hydroxylation is 1. The Kier molecular flexibility index (Phi) is 3.93. The summed E-state index contributed by atoms with van der Waals surface area (Å²) in [5, 5.41) is 3.89. The Balaban J connectivity index is 1.58. The minimum absolute atomic E-state index is 0.165. The molecule has 0 saturated carbocycles. The van der Waals surface area contributed by atoms with Crippen molar-refractivity contribution in [3.63, 3.8) is 0 Å². The number of benzene rings is 2. The molecule has 3 fully saturated rings. The summed E-state index contributed by atoms with van der Waals surface area (Å²) in [5.41, 5.74) is 1.39. The number of nitrogens with one attached hydrogen (secondary N) is 1. The fourth-order valence-corrected chi connectivity index (χ4v) is 6.57. The van der Waals surface area contributed by atoms with Gasteiger partial charge in [0.05, 0.1) is 17.5 Å². The highest BCUT2D eigenvalue weighted by molar-refractivity contribution is 6.32. The standard InChI is InChI=1S/C23H19Cl2N3O3/c1-11-4-5-13(25)10-17(11)28-20(29)18-16-3-2-8-27(16)23(19(18)21(28)30)14-9-12(24)6-7-15(14)26-22(23)31/h4-7,9-10,16,18-19H,2-3,8H2,1H3,(H,26,31)/t16-,18+,19-,23-/m0/s1. The van der Waals surface area contributed by atoms with Gasteiger partial charge in [0.25, 0.3) is 0 Å². The molecule has 0 aromatic heterocycles. The topological polar surface area (TPSA) is 69.7 Å². The molecule has 6 nitrogen and oxygen atoms in total. The SMILES string of the molecule is Cc1ccc(Cl)cc1N1C(=O)[C@H]2[C@@H](C1=O)[C@@]1(C(=O)Nc3ccc(Cl)cc31)N1CCC[C@@H]21. The minimum atomic E-state index is -1.22. The molecular formula is C23H19Cl2N3O3. The first-order chi connectivity index (χ1) is 14.9. The molecule has 6 rings (SSSR count). The van der Waals surface area contributed by atoms with E-state index >= 15 is 0 Å². The summed E-state index contributed by atoms with van der Waals surface area (Å²) < 4.78 is 0. The van der Waals surface area contributed by atoms with Gasteiger partial charge in [0.15, 0.2) is 0 Å². The molecule has 8 heteroatoms. The van der Waals surface area contributed by atoms with Crippen LogP contribution in [-0.4, -0.2) is 35.2 Å². The van der Waals surface area contributed by atoms with Gasteiger partial charge in [-0.15, -0.1) is 0 Å². The van der Waals surface area contributed by atoms with E-state index in [2.05, 4.69) is 10.2 Å². The molecule has 2 aromatic carbocycles. The average molecular weight is 456 g/mol. The van der Waals surface area contributed by atoms with Crippen LogP contribution in [0.25, 0.3) is 0 Å². The molecule has 1 spiro atoms. The van der Waals surface area contributed by atoms with Gasteiger partial charge in [0, 0.05) is 27.3 Å². The fraction of sp³-hybridized carbons (Fsp3) is 0.348. The van der Waals surface area contributed by atoms with Crippen molar-refractivity contribution in [2.75, 3.05) is 16.8 Å². The van der Waals surface area contributed by atoms with E-state index in [4.69, 9.17) is 23.2 Å². The Morgan fingerprint density at radius 2 is 1.77 bits per heavy atom. The molecule has 3 amide bonds. The van der Waals surface area contributed by atoms with Crippen LogP contribution < -0.4 is 10.2 Å². The number of nitrogens with zero attached hydrogens (tertiary/aromatic N) is 2. The minimum Gasteiger partial charge on any atom is -0.324 e. The van der Waals surface area contributed by atoms with Crippen LogP contribution in [0.4, 0.5) is 11.4 Å². The predicted molar refractivity (Wildman–Crippen MR) is 117 cm³/mol. The molecule has 1 N–H and O–H groups in total. The van der Waals surface area contributed by atoms with E-state index in [1.807, 2.05) is 6.92 Å². The molecule has 0 bridgehead atoms. The Morgan fingerprint density at radius 1 is 1.03 bits per heavy atom. The van der Waals surface area contributed by atoms with Crippen molar-refractivity contribution in [1.82, 2.24) is 4.90 Å². The largest absolute Gasteiger partial charge is 0.324 e. The summed E-state index contributed by atoms with van der Waals surface area (Å²) in [5.74, 6) is -2.24. The molecule has 4 aliphatic heterocycles. The van der Waals surface area contributed by atoms with E-state index in [9.17, 15) is 14.4 Å². The summed E-state index contributed by atoms with van der Waals surface area (Å²) in [6, 6.07) is 10.3. The van der Waals surface area contributed by atoms with Crippen molar-refractivity contribution in [1.29, 1.82) is 0 Å². The first-order valence-electron chi connectivity index (χ1n) is 10.4. The van der Waals surface area contributed by atoms with Crippen molar-refractivity contribution < 1.29 is 14.4 Å². The highest BCUT2D eigenvalue weighted by atomic mass is 35.5. The number of imide groups is 1. The van der Waals surface area contributed by atoms with Crippen molar-refractivity contribution >= 4 is 52.3 Å². The van der Waals surface area contributed by atoms with Crippen LogP contribution in [0.5, 0.6) is 0 Å².